The monoisotopic (exact) mass is 547 g/mol. The van der Waals surface area contributed by atoms with Crippen LogP contribution >= 0.6 is 0 Å². The second-order valence-electron chi connectivity index (χ2n) is 10.7. The lowest BCUT2D eigenvalue weighted by Crippen LogP contribution is -2.36. The Kier molecular flexibility index (Phi) is 6.04. The van der Waals surface area contributed by atoms with E-state index in [9.17, 15) is 0 Å². The van der Waals surface area contributed by atoms with Crippen LogP contribution < -0.4 is 4.90 Å². The first kappa shape index (κ1) is 24.6. The molecule has 0 aliphatic carbocycles. The van der Waals surface area contributed by atoms with Crippen LogP contribution in [-0.2, 0) is 4.74 Å². The molecule has 3 aromatic heterocycles. The second kappa shape index (κ2) is 10.3. The van der Waals surface area contributed by atoms with Crippen LogP contribution in [-0.4, -0.2) is 46.2 Å². The molecule has 2 N–H and O–H groups in total. The fourth-order valence-corrected chi connectivity index (χ4v) is 6.07. The number of ether oxygens (including phenoxy) is 1. The lowest BCUT2D eigenvalue weighted by molar-refractivity contribution is 0.123. The van der Waals surface area contributed by atoms with Crippen LogP contribution in [0.5, 0.6) is 0 Å². The van der Waals surface area contributed by atoms with Crippen LogP contribution in [0.1, 0.15) is 22.8 Å². The Bertz CT molecular complexity index is 1880. The molecule has 3 aliphatic rings. The van der Waals surface area contributed by atoms with Crippen molar-refractivity contribution in [1.29, 1.82) is 0 Å². The van der Waals surface area contributed by atoms with Gasteiger partial charge >= 0.3 is 0 Å². The molecule has 0 radical (unpaired) electrons. The van der Waals surface area contributed by atoms with Gasteiger partial charge in [0, 0.05) is 35.2 Å². The molecule has 6 nitrogen and oxygen atoms in total. The molecule has 0 unspecified atom stereocenters. The Balaban J connectivity index is 1.51. The fraction of sp³-hybridized carbons (Fsp3) is 0.111. The molecule has 6 heteroatoms. The van der Waals surface area contributed by atoms with Crippen molar-refractivity contribution in [3.63, 3.8) is 0 Å². The van der Waals surface area contributed by atoms with Crippen LogP contribution in [0.3, 0.4) is 0 Å². The number of benzene rings is 2. The first-order valence-corrected chi connectivity index (χ1v) is 14.4. The second-order valence-corrected chi connectivity index (χ2v) is 10.7. The van der Waals surface area contributed by atoms with Gasteiger partial charge in [0.1, 0.15) is 0 Å². The molecule has 8 rings (SSSR count). The normalized spacial score (nSPS) is 14.4. The first-order chi connectivity index (χ1) is 20.8. The molecule has 2 aromatic carbocycles. The quantitative estimate of drug-likeness (QED) is 0.237. The van der Waals surface area contributed by atoms with E-state index in [0.29, 0.717) is 13.2 Å². The van der Waals surface area contributed by atoms with E-state index < -0.39 is 0 Å². The lowest BCUT2D eigenvalue weighted by atomic mass is 10.0. The summed E-state index contributed by atoms with van der Waals surface area (Å²) in [7, 11) is 0. The van der Waals surface area contributed by atoms with Gasteiger partial charge in [-0.25, -0.2) is 9.97 Å². The van der Waals surface area contributed by atoms with E-state index in [2.05, 4.69) is 118 Å². The highest BCUT2D eigenvalue weighted by molar-refractivity contribution is 5.97. The average Bonchev–Trinajstić information content (AvgIpc) is 3.86. The zero-order valence-electron chi connectivity index (χ0n) is 23.0. The third kappa shape index (κ3) is 4.42. The Labute approximate surface area is 243 Å². The number of aromatic amines is 2. The van der Waals surface area contributed by atoms with Crippen molar-refractivity contribution in [2.75, 3.05) is 31.2 Å². The predicted molar refractivity (Wildman–Crippen MR) is 173 cm³/mol. The van der Waals surface area contributed by atoms with Gasteiger partial charge in [0.2, 0.25) is 0 Å². The van der Waals surface area contributed by atoms with Gasteiger partial charge in [-0.1, -0.05) is 60.7 Å². The molecule has 0 saturated carbocycles. The summed E-state index contributed by atoms with van der Waals surface area (Å²) < 4.78 is 5.74. The number of hydrogen-bond acceptors (Lipinski definition) is 4. The number of nitrogens with one attached hydrogen (secondary N) is 2. The van der Waals surface area contributed by atoms with E-state index in [1.165, 1.54) is 0 Å². The largest absolute Gasteiger partial charge is 0.378 e. The minimum Gasteiger partial charge on any atom is -0.378 e. The summed E-state index contributed by atoms with van der Waals surface area (Å²) in [4.78, 5) is 20.1. The summed E-state index contributed by atoms with van der Waals surface area (Å²) in [6.45, 7) is 3.04. The van der Waals surface area contributed by atoms with Gasteiger partial charge in [-0.05, 0) is 65.8 Å². The zero-order chi connectivity index (χ0) is 27.9. The van der Waals surface area contributed by atoms with Crippen LogP contribution in [0.2, 0.25) is 0 Å². The van der Waals surface area contributed by atoms with E-state index in [1.807, 2.05) is 12.1 Å². The summed E-state index contributed by atoms with van der Waals surface area (Å²) in [5, 5.41) is 0. The SMILES string of the molecule is C1=Cc2nc1cc1nc(c(-c3ccccc3)c3ccc([nH]3)c(N3CCOCC3)c3ccc([nH]3)c2-c2ccccc2)C=C1. The number of fused-ring (bicyclic) bond motifs is 8. The molecular weight excluding hydrogens is 518 g/mol. The third-order valence-corrected chi connectivity index (χ3v) is 8.00. The summed E-state index contributed by atoms with van der Waals surface area (Å²) in [6.07, 6.45) is 8.33. The summed E-state index contributed by atoms with van der Waals surface area (Å²) >= 11 is 0. The lowest BCUT2D eigenvalue weighted by Gasteiger charge is -2.29. The third-order valence-electron chi connectivity index (χ3n) is 8.00. The number of anilines is 1. The molecule has 1 saturated heterocycles. The maximum atomic E-state index is 5.74. The molecule has 0 amide bonds. The maximum absolute atomic E-state index is 5.74. The Morgan fingerprint density at radius 1 is 0.548 bits per heavy atom. The van der Waals surface area contributed by atoms with Crippen LogP contribution in [0.15, 0.2) is 91.0 Å². The molecule has 8 bridgehead atoms. The molecular formula is C36H29N5O. The molecule has 0 atom stereocenters. The molecule has 5 aromatic rings. The van der Waals surface area contributed by atoms with Crippen molar-refractivity contribution in [2.45, 2.75) is 0 Å². The van der Waals surface area contributed by atoms with Crippen LogP contribution in [0.25, 0.3) is 68.6 Å². The van der Waals surface area contributed by atoms with Gasteiger partial charge < -0.3 is 19.6 Å². The van der Waals surface area contributed by atoms with Gasteiger partial charge in [-0.3, -0.25) is 0 Å². The van der Waals surface area contributed by atoms with Crippen molar-refractivity contribution in [1.82, 2.24) is 19.9 Å². The Hall–Kier alpha value is -5.20. The molecule has 6 heterocycles. The number of hydrogen-bond donors (Lipinski definition) is 2. The number of rotatable bonds is 3. The Morgan fingerprint density at radius 2 is 1.02 bits per heavy atom. The summed E-state index contributed by atoms with van der Waals surface area (Å²) in [5.74, 6) is 0. The topological polar surface area (TPSA) is 69.8 Å². The predicted octanol–water partition coefficient (Wildman–Crippen LogP) is 7.83. The van der Waals surface area contributed by atoms with E-state index in [-0.39, 0.29) is 0 Å². The van der Waals surface area contributed by atoms with Crippen molar-refractivity contribution in [3.8, 4) is 22.3 Å². The summed E-state index contributed by atoms with van der Waals surface area (Å²) in [6, 6.07) is 31.7. The van der Waals surface area contributed by atoms with E-state index in [1.54, 1.807) is 0 Å². The van der Waals surface area contributed by atoms with Crippen LogP contribution in [0.4, 0.5) is 5.69 Å². The van der Waals surface area contributed by atoms with E-state index >= 15 is 0 Å². The standard InChI is InChI=1S/C36H29N5O/c1-3-7-24(8-4-1)34-28-13-11-26(37-28)23-27-12-14-29(38-27)35(25-9-5-2-6-10-25)31-16-18-33(40-31)36(32-17-15-30(34)39-32)41-19-21-42-22-20-41/h1-18,23,39-40H,19-22H2. The highest BCUT2D eigenvalue weighted by Crippen LogP contribution is 2.35. The van der Waals surface area contributed by atoms with Gasteiger partial charge in [0.15, 0.2) is 0 Å². The maximum Gasteiger partial charge on any atom is 0.0846 e. The Morgan fingerprint density at radius 3 is 1.52 bits per heavy atom. The van der Waals surface area contributed by atoms with E-state index in [0.717, 1.165) is 85.9 Å². The highest BCUT2D eigenvalue weighted by atomic mass is 16.5. The van der Waals surface area contributed by atoms with Gasteiger partial charge in [0.25, 0.3) is 0 Å². The first-order valence-electron chi connectivity index (χ1n) is 14.4. The van der Waals surface area contributed by atoms with Gasteiger partial charge in [0.05, 0.1) is 52.7 Å². The molecule has 0 spiro atoms. The van der Waals surface area contributed by atoms with Crippen molar-refractivity contribution >= 4 is 52.1 Å². The minimum atomic E-state index is 0.699. The van der Waals surface area contributed by atoms with E-state index in [4.69, 9.17) is 14.7 Å². The molecule has 42 heavy (non-hydrogen) atoms. The van der Waals surface area contributed by atoms with Crippen molar-refractivity contribution in [2.24, 2.45) is 0 Å². The molecule has 3 aliphatic heterocycles. The van der Waals surface area contributed by atoms with Crippen molar-refractivity contribution < 1.29 is 4.74 Å². The van der Waals surface area contributed by atoms with Crippen molar-refractivity contribution in [3.05, 3.63) is 114 Å². The fourth-order valence-electron chi connectivity index (χ4n) is 6.07. The van der Waals surface area contributed by atoms with Crippen LogP contribution in [0, 0.1) is 0 Å². The molecule has 204 valence electrons. The number of aromatic nitrogens is 4. The van der Waals surface area contributed by atoms with Gasteiger partial charge in [-0.2, -0.15) is 0 Å². The van der Waals surface area contributed by atoms with Gasteiger partial charge in [-0.15, -0.1) is 0 Å². The summed E-state index contributed by atoms with van der Waals surface area (Å²) in [5.41, 5.74) is 13.2. The highest BCUT2D eigenvalue weighted by Gasteiger charge is 2.18. The zero-order valence-corrected chi connectivity index (χ0v) is 23.0. The number of nitrogens with zero attached hydrogens (tertiary/aromatic N) is 3. The number of morpholine rings is 1. The average molecular weight is 548 g/mol. The molecule has 1 fully saturated rings. The number of H-pyrrole nitrogens is 2. The smallest absolute Gasteiger partial charge is 0.0846 e. The minimum absolute atomic E-state index is 0.699.